The van der Waals surface area contributed by atoms with Crippen LogP contribution >= 0.6 is 0 Å². The fourth-order valence-electron chi connectivity index (χ4n) is 3.11. The molecule has 7 nitrogen and oxygen atoms in total. The molecular weight excluding hydrogens is 318 g/mol. The number of carbonyl (C=O) groups is 2. The van der Waals surface area contributed by atoms with Crippen LogP contribution in [0.15, 0.2) is 42.7 Å². The molecule has 2 heterocycles. The zero-order chi connectivity index (χ0) is 17.6. The summed E-state index contributed by atoms with van der Waals surface area (Å²) in [6.07, 6.45) is 4.01. The molecule has 1 saturated heterocycles. The second-order valence-electron chi connectivity index (χ2n) is 6.27. The van der Waals surface area contributed by atoms with Crippen molar-refractivity contribution in [2.45, 2.75) is 12.3 Å². The summed E-state index contributed by atoms with van der Waals surface area (Å²) in [5.74, 6) is -0.153. The molecule has 1 fully saturated rings. The van der Waals surface area contributed by atoms with Gasteiger partial charge in [0.1, 0.15) is 0 Å². The van der Waals surface area contributed by atoms with E-state index in [1.807, 2.05) is 49.8 Å². The first kappa shape index (κ1) is 17.2. The number of anilines is 1. The monoisotopic (exact) mass is 341 g/mol. The summed E-state index contributed by atoms with van der Waals surface area (Å²) in [5.41, 5.74) is 1.82. The van der Waals surface area contributed by atoms with Gasteiger partial charge in [0.25, 0.3) is 0 Å². The molecule has 132 valence electrons. The highest BCUT2D eigenvalue weighted by Crippen LogP contribution is 2.27. The zero-order valence-electron chi connectivity index (χ0n) is 14.2. The van der Waals surface area contributed by atoms with Crippen molar-refractivity contribution in [3.63, 3.8) is 0 Å². The highest BCUT2D eigenvalue weighted by atomic mass is 16.2. The molecule has 7 heteroatoms. The number of hydrogen-bond acceptors (Lipinski definition) is 4. The van der Waals surface area contributed by atoms with E-state index in [1.54, 1.807) is 4.68 Å². The van der Waals surface area contributed by atoms with Gasteiger partial charge in [-0.05, 0) is 17.7 Å². The number of amides is 2. The Bertz CT molecular complexity index is 728. The van der Waals surface area contributed by atoms with Gasteiger partial charge in [0.05, 0.1) is 12.1 Å². The van der Waals surface area contributed by atoms with E-state index >= 15 is 0 Å². The molecule has 1 aliphatic rings. The molecule has 25 heavy (non-hydrogen) atoms. The fourth-order valence-corrected chi connectivity index (χ4v) is 3.11. The van der Waals surface area contributed by atoms with Crippen molar-refractivity contribution in [2.75, 3.05) is 25.0 Å². The standard InChI is InChI=1S/C18H23N5O2/c1-23-12-13(9-21-23)15-10-19-11-16(15)18(25)20-8-7-17(24)22-14-5-3-2-4-6-14/h2-6,9,12,15-16,19H,7-8,10-11H2,1H3,(H,20,25)(H,22,24)/t15-,16+/m1/s1. The molecule has 0 saturated carbocycles. The molecule has 2 aromatic rings. The van der Waals surface area contributed by atoms with Gasteiger partial charge in [-0.1, -0.05) is 18.2 Å². The second kappa shape index (κ2) is 7.94. The van der Waals surface area contributed by atoms with Crippen LogP contribution in [-0.4, -0.2) is 41.2 Å². The number of hydrogen-bond donors (Lipinski definition) is 3. The van der Waals surface area contributed by atoms with E-state index in [-0.39, 0.29) is 30.1 Å². The van der Waals surface area contributed by atoms with Crippen molar-refractivity contribution in [3.05, 3.63) is 48.3 Å². The van der Waals surface area contributed by atoms with E-state index in [0.29, 0.717) is 13.1 Å². The summed E-state index contributed by atoms with van der Waals surface area (Å²) in [7, 11) is 1.87. The molecule has 2 atom stereocenters. The Morgan fingerprint density at radius 1 is 1.28 bits per heavy atom. The van der Waals surface area contributed by atoms with Crippen LogP contribution in [0.1, 0.15) is 17.9 Å². The first-order chi connectivity index (χ1) is 12.1. The zero-order valence-corrected chi connectivity index (χ0v) is 14.2. The number of rotatable bonds is 6. The van der Waals surface area contributed by atoms with Crippen molar-refractivity contribution in [1.29, 1.82) is 0 Å². The molecule has 0 bridgehead atoms. The third kappa shape index (κ3) is 4.45. The van der Waals surface area contributed by atoms with Crippen LogP contribution in [0.2, 0.25) is 0 Å². The van der Waals surface area contributed by atoms with Crippen LogP contribution in [0.25, 0.3) is 0 Å². The van der Waals surface area contributed by atoms with Crippen molar-refractivity contribution in [1.82, 2.24) is 20.4 Å². The average molecular weight is 341 g/mol. The molecule has 1 aromatic heterocycles. The molecule has 0 aliphatic carbocycles. The lowest BCUT2D eigenvalue weighted by atomic mass is 9.90. The lowest BCUT2D eigenvalue weighted by molar-refractivity contribution is -0.124. The maximum absolute atomic E-state index is 12.5. The van der Waals surface area contributed by atoms with Crippen LogP contribution in [0.3, 0.4) is 0 Å². The van der Waals surface area contributed by atoms with E-state index < -0.39 is 0 Å². The van der Waals surface area contributed by atoms with Crippen molar-refractivity contribution >= 4 is 17.5 Å². The minimum Gasteiger partial charge on any atom is -0.355 e. The number of carbonyl (C=O) groups excluding carboxylic acids is 2. The van der Waals surface area contributed by atoms with Gasteiger partial charge in [0.15, 0.2) is 0 Å². The summed E-state index contributed by atoms with van der Waals surface area (Å²) in [6, 6.07) is 9.29. The molecule has 0 unspecified atom stereocenters. The number of para-hydroxylation sites is 1. The summed E-state index contributed by atoms with van der Waals surface area (Å²) in [4.78, 5) is 24.4. The molecule has 1 aromatic carbocycles. The molecule has 3 rings (SSSR count). The smallest absolute Gasteiger partial charge is 0.226 e. The SMILES string of the molecule is Cn1cc([C@H]2CNC[C@@H]2C(=O)NCCC(=O)Nc2ccccc2)cn1. The second-order valence-corrected chi connectivity index (χ2v) is 6.27. The van der Waals surface area contributed by atoms with Gasteiger partial charge in [-0.25, -0.2) is 0 Å². The van der Waals surface area contributed by atoms with E-state index in [2.05, 4.69) is 21.0 Å². The quantitative estimate of drug-likeness (QED) is 0.727. The number of nitrogens with zero attached hydrogens (tertiary/aromatic N) is 2. The predicted molar refractivity (Wildman–Crippen MR) is 95.0 cm³/mol. The van der Waals surface area contributed by atoms with E-state index in [9.17, 15) is 9.59 Å². The first-order valence-electron chi connectivity index (χ1n) is 8.45. The molecular formula is C18H23N5O2. The Balaban J connectivity index is 1.46. The van der Waals surface area contributed by atoms with E-state index in [0.717, 1.165) is 17.8 Å². The topological polar surface area (TPSA) is 88.0 Å². The molecule has 3 N–H and O–H groups in total. The Morgan fingerprint density at radius 2 is 2.08 bits per heavy atom. The first-order valence-corrected chi connectivity index (χ1v) is 8.45. The van der Waals surface area contributed by atoms with E-state index in [1.165, 1.54) is 0 Å². The van der Waals surface area contributed by atoms with Crippen LogP contribution in [0, 0.1) is 5.92 Å². The summed E-state index contributed by atoms with van der Waals surface area (Å²) in [5, 5.41) is 13.1. The number of benzene rings is 1. The normalized spacial score (nSPS) is 19.6. The minimum absolute atomic E-state index is 0.0219. The third-order valence-electron chi connectivity index (χ3n) is 4.41. The van der Waals surface area contributed by atoms with Gasteiger partial charge in [-0.2, -0.15) is 5.10 Å². The van der Waals surface area contributed by atoms with Crippen LogP contribution in [-0.2, 0) is 16.6 Å². The lowest BCUT2D eigenvalue weighted by Crippen LogP contribution is -2.36. The Labute approximate surface area is 146 Å². The van der Waals surface area contributed by atoms with Crippen LogP contribution in [0.4, 0.5) is 5.69 Å². The summed E-state index contributed by atoms with van der Waals surface area (Å²) < 4.78 is 1.75. The Hall–Kier alpha value is -2.67. The summed E-state index contributed by atoms with van der Waals surface area (Å²) >= 11 is 0. The minimum atomic E-state index is -0.138. The Morgan fingerprint density at radius 3 is 2.80 bits per heavy atom. The lowest BCUT2D eigenvalue weighted by Gasteiger charge is -2.17. The largest absolute Gasteiger partial charge is 0.355 e. The van der Waals surface area contributed by atoms with Crippen molar-refractivity contribution in [3.8, 4) is 0 Å². The van der Waals surface area contributed by atoms with Gasteiger partial charge < -0.3 is 16.0 Å². The molecule has 2 amide bonds. The molecule has 0 spiro atoms. The maximum atomic E-state index is 12.5. The van der Waals surface area contributed by atoms with Gasteiger partial charge in [-0.3, -0.25) is 14.3 Å². The van der Waals surface area contributed by atoms with Gasteiger partial charge >= 0.3 is 0 Å². The number of nitrogens with one attached hydrogen (secondary N) is 3. The van der Waals surface area contributed by atoms with Gasteiger partial charge in [-0.15, -0.1) is 0 Å². The van der Waals surface area contributed by atoms with E-state index in [4.69, 9.17) is 0 Å². The average Bonchev–Trinajstić information content (AvgIpc) is 3.24. The van der Waals surface area contributed by atoms with Crippen LogP contribution < -0.4 is 16.0 Å². The predicted octanol–water partition coefficient (Wildman–Crippen LogP) is 0.868. The Kier molecular flexibility index (Phi) is 5.45. The van der Waals surface area contributed by atoms with Gasteiger partial charge in [0.2, 0.25) is 11.8 Å². The summed E-state index contributed by atoms with van der Waals surface area (Å²) in [6.45, 7) is 1.73. The number of aromatic nitrogens is 2. The van der Waals surface area contributed by atoms with Crippen molar-refractivity contribution in [2.24, 2.45) is 13.0 Å². The highest BCUT2D eigenvalue weighted by molar-refractivity contribution is 5.91. The van der Waals surface area contributed by atoms with Gasteiger partial charge in [0, 0.05) is 50.9 Å². The van der Waals surface area contributed by atoms with Crippen LogP contribution in [0.5, 0.6) is 0 Å². The maximum Gasteiger partial charge on any atom is 0.226 e. The van der Waals surface area contributed by atoms with Crippen molar-refractivity contribution < 1.29 is 9.59 Å². The fraction of sp³-hybridized carbons (Fsp3) is 0.389. The third-order valence-corrected chi connectivity index (χ3v) is 4.41. The number of aryl methyl sites for hydroxylation is 1. The molecule has 1 aliphatic heterocycles. The molecule has 0 radical (unpaired) electrons. The highest BCUT2D eigenvalue weighted by Gasteiger charge is 2.34.